The molecule has 1 unspecified atom stereocenters. The largest absolute Gasteiger partial charge is 0.310 e. The van der Waals surface area contributed by atoms with Crippen LogP contribution in [0.2, 0.25) is 5.02 Å². The van der Waals surface area contributed by atoms with Gasteiger partial charge in [0.2, 0.25) is 0 Å². The van der Waals surface area contributed by atoms with Crippen molar-refractivity contribution in [3.05, 3.63) is 33.0 Å². The minimum Gasteiger partial charge on any atom is -0.310 e. The Hall–Kier alpha value is -0.120. The quantitative estimate of drug-likeness (QED) is 0.625. The van der Waals surface area contributed by atoms with Crippen molar-refractivity contribution in [2.24, 2.45) is 5.92 Å². The van der Waals surface area contributed by atoms with Crippen LogP contribution in [-0.2, 0) is 0 Å². The van der Waals surface area contributed by atoms with Crippen LogP contribution in [-0.4, -0.2) is 6.54 Å². The second kappa shape index (κ2) is 7.77. The molecular weight excluding hydrogens is 341 g/mol. The predicted molar refractivity (Wildman–Crippen MR) is 86.7 cm³/mol. The predicted octanol–water partition coefficient (Wildman–Crippen LogP) is 5.86. The van der Waals surface area contributed by atoms with Crippen molar-refractivity contribution < 1.29 is 4.39 Å². The molecule has 20 heavy (non-hydrogen) atoms. The van der Waals surface area contributed by atoms with Crippen molar-refractivity contribution in [3.8, 4) is 0 Å². The Morgan fingerprint density at radius 1 is 1.40 bits per heavy atom. The van der Waals surface area contributed by atoms with Crippen LogP contribution in [0.15, 0.2) is 16.6 Å². The Kier molecular flexibility index (Phi) is 6.31. The second-order valence-corrected chi connectivity index (χ2v) is 6.89. The van der Waals surface area contributed by atoms with Gasteiger partial charge in [-0.3, -0.25) is 0 Å². The van der Waals surface area contributed by atoms with E-state index in [1.807, 2.05) is 0 Å². The van der Waals surface area contributed by atoms with Crippen LogP contribution in [0.4, 0.5) is 4.39 Å². The van der Waals surface area contributed by atoms with Gasteiger partial charge in [0.1, 0.15) is 5.82 Å². The highest BCUT2D eigenvalue weighted by atomic mass is 79.9. The number of hydrogen-bond donors (Lipinski definition) is 1. The van der Waals surface area contributed by atoms with E-state index in [-0.39, 0.29) is 11.9 Å². The Labute approximate surface area is 134 Å². The van der Waals surface area contributed by atoms with Gasteiger partial charge in [-0.05, 0) is 53.4 Å². The van der Waals surface area contributed by atoms with Crippen LogP contribution >= 0.6 is 27.5 Å². The van der Waals surface area contributed by atoms with Crippen LogP contribution in [0, 0.1) is 11.7 Å². The van der Waals surface area contributed by atoms with Gasteiger partial charge in [-0.15, -0.1) is 0 Å². The molecule has 4 heteroatoms. The van der Waals surface area contributed by atoms with Gasteiger partial charge in [0.25, 0.3) is 0 Å². The average Bonchev–Trinajstić information content (AvgIpc) is 2.92. The third kappa shape index (κ3) is 4.19. The van der Waals surface area contributed by atoms with Gasteiger partial charge >= 0.3 is 0 Å². The van der Waals surface area contributed by atoms with Gasteiger partial charge in [-0.2, -0.15) is 0 Å². The molecule has 1 aliphatic carbocycles. The van der Waals surface area contributed by atoms with E-state index in [1.165, 1.54) is 38.2 Å². The Morgan fingerprint density at radius 2 is 2.10 bits per heavy atom. The van der Waals surface area contributed by atoms with Gasteiger partial charge in [0.15, 0.2) is 0 Å². The van der Waals surface area contributed by atoms with Crippen molar-refractivity contribution in [3.63, 3.8) is 0 Å². The lowest BCUT2D eigenvalue weighted by atomic mass is 9.94. The van der Waals surface area contributed by atoms with E-state index in [4.69, 9.17) is 11.6 Å². The van der Waals surface area contributed by atoms with Crippen LogP contribution in [0.3, 0.4) is 0 Å². The summed E-state index contributed by atoms with van der Waals surface area (Å²) in [7, 11) is 0. The molecule has 0 aliphatic heterocycles. The smallest absolute Gasteiger partial charge is 0.129 e. The van der Waals surface area contributed by atoms with Crippen LogP contribution < -0.4 is 5.32 Å². The molecule has 0 aromatic heterocycles. The fraction of sp³-hybridized carbons (Fsp3) is 0.625. The van der Waals surface area contributed by atoms with Gasteiger partial charge in [-0.25, -0.2) is 4.39 Å². The molecule has 1 aromatic rings. The Morgan fingerprint density at radius 3 is 2.75 bits per heavy atom. The summed E-state index contributed by atoms with van der Waals surface area (Å²) in [5.41, 5.74) is 0.693. The van der Waals surface area contributed by atoms with Crippen molar-refractivity contribution >= 4 is 27.5 Å². The molecule has 0 saturated heterocycles. The maximum absolute atomic E-state index is 14.2. The molecule has 0 spiro atoms. The van der Waals surface area contributed by atoms with Crippen molar-refractivity contribution in [1.29, 1.82) is 0 Å². The maximum Gasteiger partial charge on any atom is 0.129 e. The maximum atomic E-state index is 14.2. The Bertz CT molecular complexity index is 446. The molecule has 1 N–H and O–H groups in total. The molecule has 1 nitrogen and oxygen atoms in total. The molecule has 0 amide bonds. The minimum atomic E-state index is -0.182. The number of benzene rings is 1. The highest BCUT2D eigenvalue weighted by Crippen LogP contribution is 2.34. The summed E-state index contributed by atoms with van der Waals surface area (Å²) >= 11 is 9.38. The molecule has 112 valence electrons. The number of hydrogen-bond acceptors (Lipinski definition) is 1. The fourth-order valence-electron chi connectivity index (χ4n) is 3.12. The minimum absolute atomic E-state index is 0.0613. The fourth-order valence-corrected chi connectivity index (χ4v) is 3.61. The van der Waals surface area contributed by atoms with E-state index >= 15 is 0 Å². The first-order chi connectivity index (χ1) is 9.61. The van der Waals surface area contributed by atoms with E-state index in [9.17, 15) is 4.39 Å². The zero-order valence-electron chi connectivity index (χ0n) is 11.9. The van der Waals surface area contributed by atoms with Crippen molar-refractivity contribution in [1.82, 2.24) is 5.32 Å². The first kappa shape index (κ1) is 16.3. The molecule has 2 rings (SSSR count). The highest BCUT2D eigenvalue weighted by molar-refractivity contribution is 9.10. The molecule has 0 heterocycles. The lowest BCUT2D eigenvalue weighted by Gasteiger charge is -2.21. The van der Waals surface area contributed by atoms with Gasteiger partial charge in [-0.1, -0.05) is 44.2 Å². The first-order valence-electron chi connectivity index (χ1n) is 7.49. The molecule has 1 aromatic carbocycles. The van der Waals surface area contributed by atoms with Gasteiger partial charge in [0.05, 0.1) is 5.02 Å². The summed E-state index contributed by atoms with van der Waals surface area (Å²) in [5, 5.41) is 3.97. The zero-order valence-corrected chi connectivity index (χ0v) is 14.2. The van der Waals surface area contributed by atoms with Gasteiger partial charge < -0.3 is 5.32 Å². The zero-order chi connectivity index (χ0) is 14.5. The average molecular weight is 363 g/mol. The molecule has 1 fully saturated rings. The second-order valence-electron chi connectivity index (χ2n) is 5.63. The van der Waals surface area contributed by atoms with Crippen LogP contribution in [0.5, 0.6) is 0 Å². The monoisotopic (exact) mass is 361 g/mol. The molecule has 0 bridgehead atoms. The van der Waals surface area contributed by atoms with Crippen molar-refractivity contribution in [2.75, 3.05) is 6.54 Å². The molecule has 0 radical (unpaired) electrons. The SMILES string of the molecule is CCNC(CCC1CCCC1)c1cc(Cl)c(Br)cc1F. The standard InChI is InChI=1S/C16H22BrClFN/c1-2-20-16(8-7-11-5-3-4-6-11)12-9-14(18)13(17)10-15(12)19/h9-11,16,20H,2-8H2,1H3. The highest BCUT2D eigenvalue weighted by Gasteiger charge is 2.20. The summed E-state index contributed by atoms with van der Waals surface area (Å²) in [6, 6.07) is 3.28. The van der Waals surface area contributed by atoms with E-state index in [1.54, 1.807) is 6.07 Å². The third-order valence-electron chi connectivity index (χ3n) is 4.20. The molecular formula is C16H22BrClFN. The summed E-state index contributed by atoms with van der Waals surface area (Å²) in [4.78, 5) is 0. The lowest BCUT2D eigenvalue weighted by molar-refractivity contribution is 0.407. The normalized spacial score (nSPS) is 17.6. The van der Waals surface area contributed by atoms with Crippen LogP contribution in [0.1, 0.15) is 57.1 Å². The summed E-state index contributed by atoms with van der Waals surface area (Å²) in [5.74, 6) is 0.642. The van der Waals surface area contributed by atoms with E-state index in [0.29, 0.717) is 15.1 Å². The van der Waals surface area contributed by atoms with Crippen molar-refractivity contribution in [2.45, 2.75) is 51.5 Å². The van der Waals surface area contributed by atoms with E-state index in [2.05, 4.69) is 28.2 Å². The molecule has 1 aliphatic rings. The lowest BCUT2D eigenvalue weighted by Crippen LogP contribution is -2.22. The number of halogens is 3. The number of nitrogens with one attached hydrogen (secondary N) is 1. The molecule has 1 atom stereocenters. The molecule has 1 saturated carbocycles. The summed E-state index contributed by atoms with van der Waals surface area (Å²) in [6.07, 6.45) is 7.53. The first-order valence-corrected chi connectivity index (χ1v) is 8.66. The van der Waals surface area contributed by atoms with Gasteiger partial charge in [0, 0.05) is 16.1 Å². The third-order valence-corrected chi connectivity index (χ3v) is 5.40. The van der Waals surface area contributed by atoms with E-state index < -0.39 is 0 Å². The summed E-state index contributed by atoms with van der Waals surface area (Å²) in [6.45, 7) is 2.89. The van der Waals surface area contributed by atoms with E-state index in [0.717, 1.165) is 18.9 Å². The Balaban J connectivity index is 2.08. The summed E-state index contributed by atoms with van der Waals surface area (Å²) < 4.78 is 14.8. The topological polar surface area (TPSA) is 12.0 Å². The van der Waals surface area contributed by atoms with Crippen LogP contribution in [0.25, 0.3) is 0 Å². The number of rotatable bonds is 6.